The van der Waals surface area contributed by atoms with Crippen molar-refractivity contribution in [2.24, 2.45) is 0 Å². The number of rotatable bonds is 1. The molecule has 2 aromatic carbocycles. The summed E-state index contributed by atoms with van der Waals surface area (Å²) in [6, 6.07) is 12.7. The van der Waals surface area contributed by atoms with E-state index in [-0.39, 0.29) is 0 Å². The van der Waals surface area contributed by atoms with Crippen molar-refractivity contribution < 1.29 is 18.9 Å². The maximum absolute atomic E-state index is 12.6. The summed E-state index contributed by atoms with van der Waals surface area (Å²) >= 11 is 0. The van der Waals surface area contributed by atoms with Gasteiger partial charge in [-0.25, -0.2) is 0 Å². The highest BCUT2D eigenvalue weighted by Gasteiger charge is 2.52. The van der Waals surface area contributed by atoms with Crippen molar-refractivity contribution in [1.29, 1.82) is 0 Å². The highest BCUT2D eigenvalue weighted by molar-refractivity contribution is 6.63. The van der Waals surface area contributed by atoms with Crippen LogP contribution in [0.15, 0.2) is 42.5 Å². The lowest BCUT2D eigenvalue weighted by Gasteiger charge is -2.32. The smallest absolute Gasteiger partial charge is 0.399 e. The van der Waals surface area contributed by atoms with Crippen LogP contribution in [0.5, 0.6) is 0 Å². The highest BCUT2D eigenvalue weighted by Crippen LogP contribution is 2.37. The zero-order valence-corrected chi connectivity index (χ0v) is 14.8. The standard InChI is InChI=1S/C20H19BO4/c1-19(2)20(3,4)25-21(24-19)12-9-10-14-13-7-5-6-8-15(13)17(22)18(23)16(14)11-12/h5-11H,1-4H3. The van der Waals surface area contributed by atoms with Gasteiger partial charge in [-0.05, 0) is 44.3 Å². The molecule has 1 aliphatic carbocycles. The summed E-state index contributed by atoms with van der Waals surface area (Å²) in [6.45, 7) is 7.93. The third kappa shape index (κ3) is 2.30. The molecular formula is C20H19BO4. The van der Waals surface area contributed by atoms with Crippen LogP contribution in [0.3, 0.4) is 0 Å². The number of carbonyl (C=O) groups is 2. The number of hydrogen-bond acceptors (Lipinski definition) is 4. The summed E-state index contributed by atoms with van der Waals surface area (Å²) in [7, 11) is -0.560. The number of carbonyl (C=O) groups excluding carboxylic acids is 2. The minimum Gasteiger partial charge on any atom is -0.399 e. The first-order valence-corrected chi connectivity index (χ1v) is 8.39. The Bertz CT molecular complexity index is 898. The molecule has 1 fully saturated rings. The van der Waals surface area contributed by atoms with Gasteiger partial charge in [-0.1, -0.05) is 42.5 Å². The zero-order valence-electron chi connectivity index (χ0n) is 14.8. The van der Waals surface area contributed by atoms with Crippen molar-refractivity contribution in [2.45, 2.75) is 38.9 Å². The molecule has 1 saturated heterocycles. The van der Waals surface area contributed by atoms with Gasteiger partial charge in [-0.2, -0.15) is 0 Å². The van der Waals surface area contributed by atoms with Crippen LogP contribution in [-0.2, 0) is 9.31 Å². The van der Waals surface area contributed by atoms with E-state index in [0.29, 0.717) is 11.1 Å². The first-order valence-electron chi connectivity index (χ1n) is 8.39. The van der Waals surface area contributed by atoms with Crippen LogP contribution in [-0.4, -0.2) is 29.9 Å². The van der Waals surface area contributed by atoms with Crippen LogP contribution < -0.4 is 5.46 Å². The van der Waals surface area contributed by atoms with Crippen molar-refractivity contribution in [3.63, 3.8) is 0 Å². The largest absolute Gasteiger partial charge is 0.494 e. The average molecular weight is 334 g/mol. The predicted octanol–water partition coefficient (Wildman–Crippen LogP) is 3.03. The van der Waals surface area contributed by atoms with Crippen molar-refractivity contribution in [2.75, 3.05) is 0 Å². The predicted molar refractivity (Wildman–Crippen MR) is 96.3 cm³/mol. The second kappa shape index (κ2) is 5.13. The molecule has 0 unspecified atom stereocenters. The van der Waals surface area contributed by atoms with Crippen LogP contribution in [0.1, 0.15) is 48.4 Å². The number of fused-ring (bicyclic) bond motifs is 3. The lowest BCUT2D eigenvalue weighted by molar-refractivity contribution is 0.00578. The van der Waals surface area contributed by atoms with E-state index < -0.39 is 29.9 Å². The molecule has 0 atom stereocenters. The van der Waals surface area contributed by atoms with E-state index in [4.69, 9.17) is 9.31 Å². The second-order valence-corrected chi connectivity index (χ2v) is 7.60. The van der Waals surface area contributed by atoms with Crippen molar-refractivity contribution >= 4 is 24.1 Å². The molecule has 0 spiro atoms. The van der Waals surface area contributed by atoms with E-state index in [0.717, 1.165) is 16.6 Å². The highest BCUT2D eigenvalue weighted by atomic mass is 16.7. The number of benzene rings is 2. The molecule has 4 nitrogen and oxygen atoms in total. The van der Waals surface area contributed by atoms with Crippen LogP contribution >= 0.6 is 0 Å². The van der Waals surface area contributed by atoms with Gasteiger partial charge in [0.1, 0.15) is 0 Å². The minimum absolute atomic E-state index is 0.413. The normalized spacial score (nSPS) is 20.4. The van der Waals surface area contributed by atoms with Gasteiger partial charge < -0.3 is 9.31 Å². The van der Waals surface area contributed by atoms with Crippen LogP contribution in [0.4, 0.5) is 0 Å². The summed E-state index contributed by atoms with van der Waals surface area (Å²) in [4.78, 5) is 25.0. The van der Waals surface area contributed by atoms with Gasteiger partial charge in [0, 0.05) is 11.1 Å². The molecule has 0 radical (unpaired) electrons. The van der Waals surface area contributed by atoms with Gasteiger partial charge in [0.05, 0.1) is 11.2 Å². The summed E-state index contributed by atoms with van der Waals surface area (Å²) in [5.74, 6) is -0.943. The molecule has 0 N–H and O–H groups in total. The quantitative estimate of drug-likeness (QED) is 0.594. The fourth-order valence-corrected chi connectivity index (χ4v) is 3.27. The van der Waals surface area contributed by atoms with Crippen molar-refractivity contribution in [1.82, 2.24) is 0 Å². The Labute approximate surface area is 147 Å². The first-order chi connectivity index (χ1) is 11.7. The van der Waals surface area contributed by atoms with Crippen LogP contribution in [0, 0.1) is 0 Å². The Morgan fingerprint density at radius 2 is 1.24 bits per heavy atom. The van der Waals surface area contributed by atoms with Gasteiger partial charge in [0.2, 0.25) is 11.6 Å². The maximum Gasteiger partial charge on any atom is 0.494 e. The minimum atomic E-state index is -0.560. The number of ketones is 2. The van der Waals surface area contributed by atoms with E-state index in [1.54, 1.807) is 18.2 Å². The number of hydrogen-bond donors (Lipinski definition) is 0. The van der Waals surface area contributed by atoms with E-state index in [9.17, 15) is 9.59 Å². The van der Waals surface area contributed by atoms with Gasteiger partial charge in [0.15, 0.2) is 0 Å². The third-order valence-electron chi connectivity index (χ3n) is 5.48. The van der Waals surface area contributed by atoms with Crippen LogP contribution in [0.25, 0.3) is 11.1 Å². The molecule has 126 valence electrons. The molecule has 2 aromatic rings. The average Bonchev–Trinajstić information content (AvgIpc) is 2.80. The maximum atomic E-state index is 12.6. The van der Waals surface area contributed by atoms with E-state index in [1.165, 1.54) is 0 Å². The third-order valence-corrected chi connectivity index (χ3v) is 5.48. The molecule has 1 heterocycles. The van der Waals surface area contributed by atoms with E-state index in [2.05, 4.69) is 0 Å². The van der Waals surface area contributed by atoms with Crippen molar-refractivity contribution in [3.05, 3.63) is 53.6 Å². The molecule has 0 saturated carbocycles. The molecule has 0 bridgehead atoms. The Balaban J connectivity index is 1.80. The van der Waals surface area contributed by atoms with Gasteiger partial charge in [-0.15, -0.1) is 0 Å². The number of Topliss-reactive ketones (excluding diaryl/α,β-unsaturated/α-hetero) is 2. The molecule has 0 amide bonds. The Kier molecular flexibility index (Phi) is 3.33. The summed E-state index contributed by atoms with van der Waals surface area (Å²) in [5, 5.41) is 0. The fraction of sp³-hybridized carbons (Fsp3) is 0.300. The summed E-state index contributed by atoms with van der Waals surface area (Å²) < 4.78 is 12.1. The molecule has 4 rings (SSSR count). The lowest BCUT2D eigenvalue weighted by atomic mass is 9.74. The molecular weight excluding hydrogens is 315 g/mol. The second-order valence-electron chi connectivity index (χ2n) is 7.60. The molecule has 25 heavy (non-hydrogen) atoms. The SMILES string of the molecule is CC1(C)OB(c2ccc3c(c2)C(=O)C(=O)c2ccccc2-3)OC1(C)C. The molecule has 0 aromatic heterocycles. The monoisotopic (exact) mass is 334 g/mol. The Hall–Kier alpha value is -2.24. The topological polar surface area (TPSA) is 52.6 Å². The van der Waals surface area contributed by atoms with Gasteiger partial charge >= 0.3 is 7.12 Å². The zero-order chi connectivity index (χ0) is 18.0. The molecule has 5 heteroatoms. The van der Waals surface area contributed by atoms with Crippen molar-refractivity contribution in [3.8, 4) is 11.1 Å². The van der Waals surface area contributed by atoms with Gasteiger partial charge in [-0.3, -0.25) is 9.59 Å². The van der Waals surface area contributed by atoms with E-state index in [1.807, 2.05) is 52.0 Å². The van der Waals surface area contributed by atoms with Gasteiger partial charge in [0.25, 0.3) is 0 Å². The van der Waals surface area contributed by atoms with E-state index >= 15 is 0 Å². The Morgan fingerprint density at radius 1 is 0.720 bits per heavy atom. The van der Waals surface area contributed by atoms with Crippen LogP contribution in [0.2, 0.25) is 0 Å². The lowest BCUT2D eigenvalue weighted by Crippen LogP contribution is -2.41. The summed E-state index contributed by atoms with van der Waals surface area (Å²) in [5.41, 5.74) is 2.28. The molecule has 2 aliphatic rings. The fourth-order valence-electron chi connectivity index (χ4n) is 3.27. The Morgan fingerprint density at radius 3 is 1.88 bits per heavy atom. The summed E-state index contributed by atoms with van der Waals surface area (Å²) in [6.07, 6.45) is 0. The molecule has 1 aliphatic heterocycles. The first kappa shape index (κ1) is 16.2.